The Morgan fingerprint density at radius 3 is 2.48 bits per heavy atom. The molecule has 1 unspecified atom stereocenters. The van der Waals surface area contributed by atoms with Gasteiger partial charge in [-0.15, -0.1) is 0 Å². The largest absolute Gasteiger partial charge is 0.357 e. The van der Waals surface area contributed by atoms with Gasteiger partial charge in [-0.05, 0) is 56.4 Å². The molecule has 2 aromatic rings. The maximum absolute atomic E-state index is 12.4. The van der Waals surface area contributed by atoms with Gasteiger partial charge in [0, 0.05) is 38.5 Å². The van der Waals surface area contributed by atoms with Gasteiger partial charge in [0.15, 0.2) is 5.96 Å². The first-order valence-corrected chi connectivity index (χ1v) is 11.4. The third kappa shape index (κ3) is 6.58. The first-order chi connectivity index (χ1) is 15.0. The Morgan fingerprint density at radius 2 is 1.81 bits per heavy atom. The molecule has 1 aliphatic rings. The van der Waals surface area contributed by atoms with Crippen molar-refractivity contribution in [3.05, 3.63) is 70.3 Å². The first kappa shape index (κ1) is 22.9. The van der Waals surface area contributed by atoms with Crippen LogP contribution in [0.3, 0.4) is 0 Å². The van der Waals surface area contributed by atoms with Crippen molar-refractivity contribution in [2.24, 2.45) is 10.9 Å². The molecule has 5 nitrogen and oxygen atoms in total. The van der Waals surface area contributed by atoms with Crippen LogP contribution in [0.1, 0.15) is 41.2 Å². The Labute approximate surface area is 187 Å². The van der Waals surface area contributed by atoms with Gasteiger partial charge in [-0.2, -0.15) is 0 Å². The minimum absolute atomic E-state index is 0.260. The second-order valence-electron chi connectivity index (χ2n) is 8.60. The molecule has 0 saturated carbocycles. The molecule has 1 heterocycles. The van der Waals surface area contributed by atoms with E-state index < -0.39 is 0 Å². The summed E-state index contributed by atoms with van der Waals surface area (Å²) >= 11 is 0. The molecule has 1 atom stereocenters. The van der Waals surface area contributed by atoms with E-state index in [-0.39, 0.29) is 5.91 Å². The molecule has 1 fully saturated rings. The maximum Gasteiger partial charge on any atom is 0.223 e. The van der Waals surface area contributed by atoms with Crippen LogP contribution in [0.15, 0.2) is 47.5 Å². The zero-order valence-corrected chi connectivity index (χ0v) is 19.4. The number of aryl methyl sites for hydroxylation is 3. The summed E-state index contributed by atoms with van der Waals surface area (Å²) in [6.07, 6.45) is 1.52. The third-order valence-corrected chi connectivity index (χ3v) is 5.95. The summed E-state index contributed by atoms with van der Waals surface area (Å²) < 4.78 is 0. The monoisotopic (exact) mass is 420 g/mol. The molecule has 2 aromatic carbocycles. The molecule has 0 spiro atoms. The Kier molecular flexibility index (Phi) is 8.10. The average molecular weight is 421 g/mol. The number of likely N-dealkylation sites (tertiary alicyclic amines) is 1. The Bertz CT molecular complexity index is 884. The van der Waals surface area contributed by atoms with E-state index in [9.17, 15) is 4.79 Å². The van der Waals surface area contributed by atoms with Crippen LogP contribution in [0.4, 0.5) is 0 Å². The number of guanidine groups is 1. The predicted molar refractivity (Wildman–Crippen MR) is 128 cm³/mol. The molecule has 1 amide bonds. The van der Waals surface area contributed by atoms with E-state index in [4.69, 9.17) is 4.99 Å². The lowest BCUT2D eigenvalue weighted by Crippen LogP contribution is -2.40. The fourth-order valence-electron chi connectivity index (χ4n) is 4.32. The molecule has 0 aromatic heterocycles. The fraction of sp³-hybridized carbons (Fsp3) is 0.462. The van der Waals surface area contributed by atoms with Gasteiger partial charge >= 0.3 is 0 Å². The van der Waals surface area contributed by atoms with Crippen molar-refractivity contribution in [2.75, 3.05) is 26.2 Å². The highest BCUT2D eigenvalue weighted by atomic mass is 16.2. The Balaban J connectivity index is 1.53. The quantitative estimate of drug-likeness (QED) is 0.505. The molecular formula is C26H36N4O. The lowest BCUT2D eigenvalue weighted by atomic mass is 10.00. The maximum atomic E-state index is 12.4. The summed E-state index contributed by atoms with van der Waals surface area (Å²) in [4.78, 5) is 19.3. The molecule has 0 bridgehead atoms. The number of benzene rings is 2. The molecule has 3 rings (SSSR count). The zero-order valence-electron chi connectivity index (χ0n) is 19.4. The van der Waals surface area contributed by atoms with E-state index in [1.165, 1.54) is 27.8 Å². The van der Waals surface area contributed by atoms with Crippen molar-refractivity contribution in [1.29, 1.82) is 0 Å². The number of carbonyl (C=O) groups is 1. The lowest BCUT2D eigenvalue weighted by Gasteiger charge is -2.18. The molecular weight excluding hydrogens is 384 g/mol. The van der Waals surface area contributed by atoms with Crippen LogP contribution < -0.4 is 10.6 Å². The SMILES string of the molecule is CCNC(=NCc1c(C)cc(C)cc1C)NCC1CC(=O)N(CCc2ccccc2)C1. The summed E-state index contributed by atoms with van der Waals surface area (Å²) in [5.74, 6) is 1.39. The van der Waals surface area contributed by atoms with Crippen molar-refractivity contribution < 1.29 is 4.79 Å². The van der Waals surface area contributed by atoms with Crippen LogP contribution in [0, 0.1) is 26.7 Å². The summed E-state index contributed by atoms with van der Waals surface area (Å²) in [7, 11) is 0. The minimum Gasteiger partial charge on any atom is -0.357 e. The van der Waals surface area contributed by atoms with E-state index in [2.05, 4.69) is 74.7 Å². The van der Waals surface area contributed by atoms with E-state index >= 15 is 0 Å². The summed E-state index contributed by atoms with van der Waals surface area (Å²) in [5.41, 5.74) is 6.42. The molecule has 1 aliphatic heterocycles. The second-order valence-corrected chi connectivity index (χ2v) is 8.60. The molecule has 166 valence electrons. The smallest absolute Gasteiger partial charge is 0.223 e. The highest BCUT2D eigenvalue weighted by molar-refractivity contribution is 5.81. The van der Waals surface area contributed by atoms with Crippen LogP contribution in [0.25, 0.3) is 0 Å². The summed E-state index contributed by atoms with van der Waals surface area (Å²) in [6, 6.07) is 14.8. The predicted octanol–water partition coefficient (Wildman–Crippen LogP) is 3.76. The van der Waals surface area contributed by atoms with Gasteiger partial charge in [0.1, 0.15) is 0 Å². The average Bonchev–Trinajstić information content (AvgIpc) is 3.10. The number of aliphatic imine (C=N–C) groups is 1. The number of hydrogen-bond donors (Lipinski definition) is 2. The fourth-order valence-corrected chi connectivity index (χ4v) is 4.32. The van der Waals surface area contributed by atoms with Crippen molar-refractivity contribution in [3.8, 4) is 0 Å². The van der Waals surface area contributed by atoms with Gasteiger partial charge in [0.05, 0.1) is 6.54 Å². The van der Waals surface area contributed by atoms with Crippen LogP contribution in [-0.4, -0.2) is 42.9 Å². The zero-order chi connectivity index (χ0) is 22.2. The number of nitrogens with one attached hydrogen (secondary N) is 2. The minimum atomic E-state index is 0.260. The van der Waals surface area contributed by atoms with Gasteiger partial charge in [0.2, 0.25) is 5.91 Å². The molecule has 0 radical (unpaired) electrons. The Hall–Kier alpha value is -2.82. The van der Waals surface area contributed by atoms with Gasteiger partial charge < -0.3 is 15.5 Å². The molecule has 1 saturated heterocycles. The van der Waals surface area contributed by atoms with E-state index in [1.807, 2.05) is 11.0 Å². The molecule has 2 N–H and O–H groups in total. The van der Waals surface area contributed by atoms with E-state index in [0.29, 0.717) is 18.9 Å². The summed E-state index contributed by atoms with van der Waals surface area (Å²) in [6.45, 7) is 12.3. The van der Waals surface area contributed by atoms with E-state index in [0.717, 1.165) is 38.6 Å². The Morgan fingerprint density at radius 1 is 1.10 bits per heavy atom. The normalized spacial score (nSPS) is 16.6. The first-order valence-electron chi connectivity index (χ1n) is 11.4. The number of rotatable bonds is 8. The third-order valence-electron chi connectivity index (χ3n) is 5.95. The van der Waals surface area contributed by atoms with Gasteiger partial charge in [-0.1, -0.05) is 48.0 Å². The van der Waals surface area contributed by atoms with Crippen LogP contribution in [0.2, 0.25) is 0 Å². The number of nitrogens with zero attached hydrogens (tertiary/aromatic N) is 2. The van der Waals surface area contributed by atoms with Crippen LogP contribution in [0.5, 0.6) is 0 Å². The highest BCUT2D eigenvalue weighted by Gasteiger charge is 2.29. The van der Waals surface area contributed by atoms with Gasteiger partial charge in [0.25, 0.3) is 0 Å². The van der Waals surface area contributed by atoms with Gasteiger partial charge in [-0.3, -0.25) is 4.79 Å². The number of hydrogen-bond acceptors (Lipinski definition) is 2. The molecule has 0 aliphatic carbocycles. The number of carbonyl (C=O) groups excluding carboxylic acids is 1. The molecule has 5 heteroatoms. The lowest BCUT2D eigenvalue weighted by molar-refractivity contribution is -0.127. The van der Waals surface area contributed by atoms with Crippen molar-refractivity contribution >= 4 is 11.9 Å². The van der Waals surface area contributed by atoms with Crippen LogP contribution >= 0.6 is 0 Å². The van der Waals surface area contributed by atoms with Crippen LogP contribution in [-0.2, 0) is 17.8 Å². The standard InChI is InChI=1S/C26H36N4O/c1-5-27-26(29-17-24-20(3)13-19(2)14-21(24)4)28-16-23-15-25(31)30(18-23)12-11-22-9-7-6-8-10-22/h6-10,13-14,23H,5,11-12,15-18H2,1-4H3,(H2,27,28,29). The summed E-state index contributed by atoms with van der Waals surface area (Å²) in [5, 5.41) is 6.79. The van der Waals surface area contributed by atoms with Crippen molar-refractivity contribution in [2.45, 2.75) is 47.1 Å². The molecule has 31 heavy (non-hydrogen) atoms. The topological polar surface area (TPSA) is 56.7 Å². The van der Waals surface area contributed by atoms with E-state index in [1.54, 1.807) is 0 Å². The number of amides is 1. The van der Waals surface area contributed by atoms with Crippen molar-refractivity contribution in [1.82, 2.24) is 15.5 Å². The second kappa shape index (κ2) is 11.0. The highest BCUT2D eigenvalue weighted by Crippen LogP contribution is 2.19. The van der Waals surface area contributed by atoms with Gasteiger partial charge in [-0.25, -0.2) is 4.99 Å². The van der Waals surface area contributed by atoms with Crippen molar-refractivity contribution in [3.63, 3.8) is 0 Å².